The molecule has 0 spiro atoms. The maximum atomic E-state index is 5.55. The van der Waals surface area contributed by atoms with E-state index in [0.717, 1.165) is 32.6 Å². The molecule has 0 unspecified atom stereocenters. The second kappa shape index (κ2) is 4.38. The van der Waals surface area contributed by atoms with E-state index < -0.39 is 0 Å². The van der Waals surface area contributed by atoms with Crippen molar-refractivity contribution in [2.75, 3.05) is 19.0 Å². The van der Waals surface area contributed by atoms with Crippen molar-refractivity contribution in [1.29, 1.82) is 0 Å². The van der Waals surface area contributed by atoms with Crippen LogP contribution in [0.2, 0.25) is 0 Å². The Labute approximate surface area is 118 Å². The zero-order chi connectivity index (χ0) is 13.6. The number of aryl methyl sites for hydroxylation is 1. The Morgan fingerprint density at radius 3 is 2.79 bits per heavy atom. The van der Waals surface area contributed by atoms with Gasteiger partial charge in [-0.05, 0) is 28.1 Å². The van der Waals surface area contributed by atoms with E-state index in [0.29, 0.717) is 5.89 Å². The van der Waals surface area contributed by atoms with E-state index in [1.165, 1.54) is 0 Å². The summed E-state index contributed by atoms with van der Waals surface area (Å²) in [6.07, 6.45) is 0. The molecule has 0 saturated carbocycles. The van der Waals surface area contributed by atoms with Gasteiger partial charge < -0.3 is 9.32 Å². The maximum absolute atomic E-state index is 5.55. The summed E-state index contributed by atoms with van der Waals surface area (Å²) in [4.78, 5) is 6.24. The Bertz CT molecular complexity index is 744. The summed E-state index contributed by atoms with van der Waals surface area (Å²) in [6, 6.07) is 5.92. The number of fused-ring (bicyclic) bond motifs is 1. The van der Waals surface area contributed by atoms with E-state index in [4.69, 9.17) is 4.42 Å². The number of oxazole rings is 1. The lowest BCUT2D eigenvalue weighted by Crippen LogP contribution is -2.09. The lowest BCUT2D eigenvalue weighted by Gasteiger charge is -2.08. The summed E-state index contributed by atoms with van der Waals surface area (Å²) in [7, 11) is 3.90. The van der Waals surface area contributed by atoms with Gasteiger partial charge >= 0.3 is 0 Å². The van der Waals surface area contributed by atoms with Gasteiger partial charge in [0.25, 0.3) is 0 Å². The lowest BCUT2D eigenvalue weighted by atomic mass is 10.1. The topological polar surface area (TPSA) is 58.0 Å². The van der Waals surface area contributed by atoms with Gasteiger partial charge in [0.1, 0.15) is 5.52 Å². The SMILES string of the molecule is Cc1nc2ccc(-c3[nH]nc(N(C)C)c3Br)cc2o1. The Kier molecular flexibility index (Phi) is 2.82. The summed E-state index contributed by atoms with van der Waals surface area (Å²) in [5, 5.41) is 7.33. The Morgan fingerprint density at radius 2 is 2.11 bits per heavy atom. The van der Waals surface area contributed by atoms with Crippen molar-refractivity contribution in [2.45, 2.75) is 6.92 Å². The number of benzene rings is 1. The number of aromatic amines is 1. The van der Waals surface area contributed by atoms with Crippen molar-refractivity contribution in [3.63, 3.8) is 0 Å². The Morgan fingerprint density at radius 1 is 1.32 bits per heavy atom. The molecule has 19 heavy (non-hydrogen) atoms. The van der Waals surface area contributed by atoms with Gasteiger partial charge in [-0.3, -0.25) is 5.10 Å². The van der Waals surface area contributed by atoms with Gasteiger partial charge in [-0.15, -0.1) is 0 Å². The van der Waals surface area contributed by atoms with Crippen molar-refractivity contribution in [3.8, 4) is 11.3 Å². The predicted octanol–water partition coefficient (Wildman–Crippen LogP) is 3.35. The first-order valence-corrected chi connectivity index (χ1v) is 6.64. The molecule has 0 aliphatic rings. The molecule has 1 N–H and O–H groups in total. The van der Waals surface area contributed by atoms with Crippen molar-refractivity contribution in [2.24, 2.45) is 0 Å². The monoisotopic (exact) mass is 320 g/mol. The molecule has 2 aromatic heterocycles. The number of halogens is 1. The molecule has 0 radical (unpaired) electrons. The molecule has 2 heterocycles. The van der Waals surface area contributed by atoms with Crippen LogP contribution in [-0.2, 0) is 0 Å². The van der Waals surface area contributed by atoms with Crippen LogP contribution in [-0.4, -0.2) is 29.3 Å². The minimum absolute atomic E-state index is 0.671. The summed E-state index contributed by atoms with van der Waals surface area (Å²) in [6.45, 7) is 1.84. The lowest BCUT2D eigenvalue weighted by molar-refractivity contribution is 0.561. The third-order valence-corrected chi connectivity index (χ3v) is 3.65. The molecule has 0 saturated heterocycles. The number of aromatic nitrogens is 3. The first kappa shape index (κ1) is 12.2. The molecule has 0 atom stereocenters. The first-order chi connectivity index (χ1) is 9.06. The molecule has 0 amide bonds. The van der Waals surface area contributed by atoms with Gasteiger partial charge in [-0.25, -0.2) is 4.98 Å². The summed E-state index contributed by atoms with van der Waals surface area (Å²) in [5.41, 5.74) is 3.59. The number of H-pyrrole nitrogens is 1. The zero-order valence-corrected chi connectivity index (χ0v) is 12.4. The van der Waals surface area contributed by atoms with Crippen molar-refractivity contribution < 1.29 is 4.42 Å². The van der Waals surface area contributed by atoms with Crippen LogP contribution < -0.4 is 4.90 Å². The molecule has 6 heteroatoms. The summed E-state index contributed by atoms with van der Waals surface area (Å²) in [5.74, 6) is 1.54. The van der Waals surface area contributed by atoms with Crippen LogP contribution >= 0.6 is 15.9 Å². The maximum Gasteiger partial charge on any atom is 0.192 e. The van der Waals surface area contributed by atoms with Crippen LogP contribution in [0.25, 0.3) is 22.4 Å². The van der Waals surface area contributed by atoms with E-state index in [9.17, 15) is 0 Å². The predicted molar refractivity (Wildman–Crippen MR) is 78.4 cm³/mol. The van der Waals surface area contributed by atoms with Crippen molar-refractivity contribution in [3.05, 3.63) is 28.6 Å². The smallest absolute Gasteiger partial charge is 0.192 e. The van der Waals surface area contributed by atoms with Gasteiger partial charge in [0, 0.05) is 26.6 Å². The third kappa shape index (κ3) is 2.02. The van der Waals surface area contributed by atoms with Gasteiger partial charge in [0.05, 0.1) is 10.2 Å². The van der Waals surface area contributed by atoms with Crippen LogP contribution in [0.1, 0.15) is 5.89 Å². The highest BCUT2D eigenvalue weighted by Crippen LogP contribution is 2.34. The van der Waals surface area contributed by atoms with Crippen LogP contribution in [0.3, 0.4) is 0 Å². The summed E-state index contributed by atoms with van der Waals surface area (Å²) >= 11 is 3.58. The molecular formula is C13H13BrN4O. The molecule has 5 nitrogen and oxygen atoms in total. The fourth-order valence-electron chi connectivity index (χ4n) is 2.00. The third-order valence-electron chi connectivity index (χ3n) is 2.90. The standard InChI is InChI=1S/C13H13BrN4O/c1-7-15-9-5-4-8(6-10(9)19-7)12-11(14)13(17-16-12)18(2)3/h4-6H,1-3H3,(H,16,17). The summed E-state index contributed by atoms with van der Waals surface area (Å²) < 4.78 is 6.49. The fraction of sp³-hybridized carbons (Fsp3) is 0.231. The number of hydrogen-bond acceptors (Lipinski definition) is 4. The quantitative estimate of drug-likeness (QED) is 0.786. The first-order valence-electron chi connectivity index (χ1n) is 5.85. The van der Waals surface area contributed by atoms with E-state index in [-0.39, 0.29) is 0 Å². The van der Waals surface area contributed by atoms with E-state index >= 15 is 0 Å². The van der Waals surface area contributed by atoms with Crippen molar-refractivity contribution in [1.82, 2.24) is 15.2 Å². The van der Waals surface area contributed by atoms with Crippen LogP contribution in [0.4, 0.5) is 5.82 Å². The molecule has 0 aliphatic carbocycles. The van der Waals surface area contributed by atoms with Gasteiger partial charge in [-0.1, -0.05) is 6.07 Å². The second-order valence-electron chi connectivity index (χ2n) is 4.55. The number of anilines is 1. The molecular weight excluding hydrogens is 308 g/mol. The highest BCUT2D eigenvalue weighted by Gasteiger charge is 2.14. The molecule has 3 rings (SSSR count). The van der Waals surface area contributed by atoms with E-state index in [2.05, 4.69) is 31.1 Å². The number of rotatable bonds is 2. The van der Waals surface area contributed by atoms with E-state index in [1.807, 2.05) is 44.1 Å². The van der Waals surface area contributed by atoms with Gasteiger partial charge in [0.2, 0.25) is 0 Å². The second-order valence-corrected chi connectivity index (χ2v) is 5.34. The molecule has 3 aromatic rings. The molecule has 0 aliphatic heterocycles. The Balaban J connectivity index is 2.13. The average Bonchev–Trinajstić information content (AvgIpc) is 2.89. The van der Waals surface area contributed by atoms with Crippen molar-refractivity contribution >= 4 is 32.8 Å². The molecule has 0 bridgehead atoms. The van der Waals surface area contributed by atoms with Gasteiger partial charge in [0.15, 0.2) is 17.3 Å². The molecule has 1 aromatic carbocycles. The van der Waals surface area contributed by atoms with E-state index in [1.54, 1.807) is 0 Å². The fourth-order valence-corrected chi connectivity index (χ4v) is 2.76. The highest BCUT2D eigenvalue weighted by atomic mass is 79.9. The van der Waals surface area contributed by atoms with Gasteiger partial charge in [-0.2, -0.15) is 5.10 Å². The minimum atomic E-state index is 0.671. The zero-order valence-electron chi connectivity index (χ0n) is 10.9. The minimum Gasteiger partial charge on any atom is -0.441 e. The average molecular weight is 321 g/mol. The van der Waals surface area contributed by atoms with Crippen LogP contribution in [0.15, 0.2) is 27.1 Å². The number of hydrogen-bond donors (Lipinski definition) is 1. The number of nitrogens with zero attached hydrogens (tertiary/aromatic N) is 3. The van der Waals surface area contributed by atoms with Crippen LogP contribution in [0, 0.1) is 6.92 Å². The van der Waals surface area contributed by atoms with Crippen LogP contribution in [0.5, 0.6) is 0 Å². The largest absolute Gasteiger partial charge is 0.441 e. The normalized spacial score (nSPS) is 11.2. The Hall–Kier alpha value is -1.82. The molecule has 0 fully saturated rings. The molecule has 98 valence electrons. The number of nitrogens with one attached hydrogen (secondary N) is 1. The highest BCUT2D eigenvalue weighted by molar-refractivity contribution is 9.10.